The van der Waals surface area contributed by atoms with Crippen LogP contribution < -0.4 is 0 Å². The van der Waals surface area contributed by atoms with E-state index < -0.39 is 13.6 Å². The molecule has 0 heterocycles. The monoisotopic (exact) mass is 252 g/mol. The largest absolute Gasteiger partial charge is 0.469 e. The van der Waals surface area contributed by atoms with Crippen LogP contribution in [0.3, 0.4) is 0 Å². The van der Waals surface area contributed by atoms with Gasteiger partial charge in [-0.15, -0.1) is 0 Å². The Morgan fingerprint density at radius 1 is 1.12 bits per heavy atom. The van der Waals surface area contributed by atoms with Crippen LogP contribution in [0, 0.1) is 0 Å². The van der Waals surface area contributed by atoms with Crippen molar-refractivity contribution in [2.75, 3.05) is 26.5 Å². The highest BCUT2D eigenvalue weighted by Crippen LogP contribution is 2.48. The summed E-state index contributed by atoms with van der Waals surface area (Å²) in [6.45, 7) is 4.60. The van der Waals surface area contributed by atoms with E-state index in [0.717, 1.165) is 12.8 Å². The minimum absolute atomic E-state index is 0.0568. The van der Waals surface area contributed by atoms with E-state index in [2.05, 4.69) is 4.74 Å². The molecule has 5 nitrogen and oxygen atoms in total. The standard InChI is InChI=1S/C10H21O5P/c1-4-7-14-16(12,15-8-5-2)9-6-10(11)13-3/h4-9H2,1-3H3. The van der Waals surface area contributed by atoms with Crippen LogP contribution in [-0.4, -0.2) is 32.5 Å². The van der Waals surface area contributed by atoms with Crippen molar-refractivity contribution in [3.63, 3.8) is 0 Å². The molecule has 0 saturated carbocycles. The molecule has 0 N–H and O–H groups in total. The molecule has 0 atom stereocenters. The quantitative estimate of drug-likeness (QED) is 0.466. The number of esters is 1. The van der Waals surface area contributed by atoms with Gasteiger partial charge in [0.2, 0.25) is 0 Å². The lowest BCUT2D eigenvalue weighted by atomic mass is 10.5. The molecule has 6 heteroatoms. The Balaban J connectivity index is 4.17. The molecule has 0 radical (unpaired) electrons. The third-order valence-electron chi connectivity index (χ3n) is 1.80. The molecule has 0 aromatic rings. The van der Waals surface area contributed by atoms with Gasteiger partial charge in [0.05, 0.1) is 32.9 Å². The number of carbonyl (C=O) groups excluding carboxylic acids is 1. The summed E-state index contributed by atoms with van der Waals surface area (Å²) in [5, 5.41) is 0. The summed E-state index contributed by atoms with van der Waals surface area (Å²) >= 11 is 0. The first kappa shape index (κ1) is 15.6. The number of methoxy groups -OCH3 is 1. The van der Waals surface area contributed by atoms with Crippen molar-refractivity contribution in [1.82, 2.24) is 0 Å². The number of rotatable bonds is 9. The summed E-state index contributed by atoms with van der Waals surface area (Å²) in [6, 6.07) is 0. The molecule has 16 heavy (non-hydrogen) atoms. The van der Waals surface area contributed by atoms with Crippen molar-refractivity contribution in [3.8, 4) is 0 Å². The number of carbonyl (C=O) groups is 1. The summed E-state index contributed by atoms with van der Waals surface area (Å²) in [5.74, 6) is -0.402. The topological polar surface area (TPSA) is 61.8 Å². The molecule has 0 bridgehead atoms. The van der Waals surface area contributed by atoms with E-state index in [1.54, 1.807) is 0 Å². The summed E-state index contributed by atoms with van der Waals surface area (Å²) in [5.41, 5.74) is 0. The van der Waals surface area contributed by atoms with Crippen LogP contribution in [0.2, 0.25) is 0 Å². The van der Waals surface area contributed by atoms with Crippen molar-refractivity contribution in [3.05, 3.63) is 0 Å². The molecule has 0 aliphatic carbocycles. The Morgan fingerprint density at radius 3 is 2.00 bits per heavy atom. The van der Waals surface area contributed by atoms with Crippen LogP contribution in [0.1, 0.15) is 33.1 Å². The van der Waals surface area contributed by atoms with Gasteiger partial charge >= 0.3 is 13.6 Å². The highest BCUT2D eigenvalue weighted by Gasteiger charge is 2.25. The van der Waals surface area contributed by atoms with Crippen molar-refractivity contribution < 1.29 is 23.1 Å². The Labute approximate surface area is 97.0 Å². The lowest BCUT2D eigenvalue weighted by Crippen LogP contribution is -2.08. The van der Waals surface area contributed by atoms with Crippen LogP contribution in [-0.2, 0) is 23.1 Å². The molecular weight excluding hydrogens is 231 g/mol. The van der Waals surface area contributed by atoms with Crippen LogP contribution in [0.25, 0.3) is 0 Å². The fourth-order valence-electron chi connectivity index (χ4n) is 0.957. The smallest absolute Gasteiger partial charge is 0.331 e. The van der Waals surface area contributed by atoms with Crippen molar-refractivity contribution >= 4 is 13.6 Å². The fraction of sp³-hybridized carbons (Fsp3) is 0.900. The molecular formula is C10H21O5P. The van der Waals surface area contributed by atoms with Crippen LogP contribution in [0.15, 0.2) is 0 Å². The van der Waals surface area contributed by atoms with E-state index in [0.29, 0.717) is 13.2 Å². The highest BCUT2D eigenvalue weighted by molar-refractivity contribution is 7.53. The first-order valence-corrected chi connectivity index (χ1v) is 7.25. The van der Waals surface area contributed by atoms with E-state index in [1.165, 1.54) is 7.11 Å². The summed E-state index contributed by atoms with van der Waals surface area (Å²) < 4.78 is 27.0. The van der Waals surface area contributed by atoms with Gasteiger partial charge in [0.1, 0.15) is 0 Å². The molecule has 96 valence electrons. The average Bonchev–Trinajstić information content (AvgIpc) is 2.31. The number of hydrogen-bond acceptors (Lipinski definition) is 5. The second-order valence-corrected chi connectivity index (χ2v) is 5.51. The second kappa shape index (κ2) is 8.74. The summed E-state index contributed by atoms with van der Waals surface area (Å²) in [4.78, 5) is 11.0. The minimum Gasteiger partial charge on any atom is -0.469 e. The van der Waals surface area contributed by atoms with E-state index in [-0.39, 0.29) is 12.6 Å². The average molecular weight is 252 g/mol. The van der Waals surface area contributed by atoms with E-state index >= 15 is 0 Å². The first-order valence-electron chi connectivity index (χ1n) is 5.53. The Hall–Kier alpha value is -0.380. The van der Waals surface area contributed by atoms with Crippen molar-refractivity contribution in [2.45, 2.75) is 33.1 Å². The molecule has 0 spiro atoms. The maximum Gasteiger partial charge on any atom is 0.331 e. The molecule has 0 aromatic carbocycles. The zero-order valence-corrected chi connectivity index (χ0v) is 11.1. The molecule has 0 fully saturated rings. The Bertz CT molecular complexity index is 229. The van der Waals surface area contributed by atoms with Gasteiger partial charge in [-0.1, -0.05) is 13.8 Å². The number of hydrogen-bond donors (Lipinski definition) is 0. The molecule has 0 saturated heterocycles. The van der Waals surface area contributed by atoms with Gasteiger partial charge in [-0.3, -0.25) is 9.36 Å². The SMILES string of the molecule is CCCOP(=O)(CCC(=O)OC)OCCC. The Kier molecular flexibility index (Phi) is 8.53. The predicted octanol–water partition coefficient (Wildman–Crippen LogP) is 2.60. The van der Waals surface area contributed by atoms with Gasteiger partial charge < -0.3 is 13.8 Å². The zero-order valence-electron chi connectivity index (χ0n) is 10.2. The number of ether oxygens (including phenoxy) is 1. The van der Waals surface area contributed by atoms with Gasteiger partial charge in [0.25, 0.3) is 0 Å². The summed E-state index contributed by atoms with van der Waals surface area (Å²) in [7, 11) is -1.82. The van der Waals surface area contributed by atoms with Crippen LogP contribution >= 0.6 is 7.60 Å². The third-order valence-corrected chi connectivity index (χ3v) is 3.72. The lowest BCUT2D eigenvalue weighted by molar-refractivity contribution is -0.140. The van der Waals surface area contributed by atoms with E-state index in [4.69, 9.17) is 9.05 Å². The van der Waals surface area contributed by atoms with Gasteiger partial charge in [0, 0.05) is 0 Å². The maximum atomic E-state index is 12.1. The van der Waals surface area contributed by atoms with Crippen molar-refractivity contribution in [2.24, 2.45) is 0 Å². The molecule has 0 unspecified atom stereocenters. The van der Waals surface area contributed by atoms with Gasteiger partial charge in [-0.05, 0) is 12.8 Å². The highest BCUT2D eigenvalue weighted by atomic mass is 31.2. The fourth-order valence-corrected chi connectivity index (χ4v) is 2.67. The van der Waals surface area contributed by atoms with Gasteiger partial charge in [0.15, 0.2) is 0 Å². The first-order chi connectivity index (χ1) is 7.58. The van der Waals surface area contributed by atoms with E-state index in [9.17, 15) is 9.36 Å². The minimum atomic E-state index is -3.12. The van der Waals surface area contributed by atoms with Crippen LogP contribution in [0.5, 0.6) is 0 Å². The van der Waals surface area contributed by atoms with Gasteiger partial charge in [-0.25, -0.2) is 0 Å². The zero-order chi connectivity index (χ0) is 12.4. The molecule has 0 aliphatic rings. The van der Waals surface area contributed by atoms with E-state index in [1.807, 2.05) is 13.8 Å². The maximum absolute atomic E-state index is 12.1. The molecule has 0 aromatic heterocycles. The molecule has 0 amide bonds. The van der Waals surface area contributed by atoms with Gasteiger partial charge in [-0.2, -0.15) is 0 Å². The molecule has 0 rings (SSSR count). The second-order valence-electron chi connectivity index (χ2n) is 3.33. The molecule has 0 aliphatic heterocycles. The lowest BCUT2D eigenvalue weighted by Gasteiger charge is -2.17. The normalized spacial score (nSPS) is 11.4. The van der Waals surface area contributed by atoms with Crippen molar-refractivity contribution in [1.29, 1.82) is 0 Å². The Morgan fingerprint density at radius 2 is 1.62 bits per heavy atom. The third kappa shape index (κ3) is 6.99. The summed E-state index contributed by atoms with van der Waals surface area (Å²) in [6.07, 6.45) is 1.66. The van der Waals surface area contributed by atoms with Crippen LogP contribution in [0.4, 0.5) is 0 Å². The predicted molar refractivity (Wildman–Crippen MR) is 61.6 cm³/mol.